The van der Waals surface area contributed by atoms with Crippen LogP contribution >= 0.6 is 0 Å². The number of nitrogens with zero attached hydrogens (tertiary/aromatic N) is 3. The van der Waals surface area contributed by atoms with E-state index >= 15 is 0 Å². The molecule has 2 aromatic carbocycles. The van der Waals surface area contributed by atoms with E-state index in [0.717, 1.165) is 28.5 Å². The summed E-state index contributed by atoms with van der Waals surface area (Å²) in [5.74, 6) is -2.56. The van der Waals surface area contributed by atoms with Gasteiger partial charge in [-0.25, -0.2) is 13.8 Å². The number of aryl methyl sites for hydroxylation is 2. The summed E-state index contributed by atoms with van der Waals surface area (Å²) in [6.07, 6.45) is 1.57. The van der Waals surface area contributed by atoms with Crippen LogP contribution in [0, 0.1) is 18.6 Å². The lowest BCUT2D eigenvalue weighted by Crippen LogP contribution is -2.48. The molecule has 2 amide bonds. The van der Waals surface area contributed by atoms with Crippen LogP contribution in [-0.4, -0.2) is 32.6 Å². The Bertz CT molecular complexity index is 1440. The van der Waals surface area contributed by atoms with Gasteiger partial charge in [0, 0.05) is 31.1 Å². The molecule has 0 radical (unpaired) electrons. The Morgan fingerprint density at radius 2 is 1.83 bits per heavy atom. The third-order valence-corrected chi connectivity index (χ3v) is 5.81. The number of nitrogens with two attached hydrogens (primary N) is 1. The SMILES string of the molecule is CCn1nc(C)cc1C(=O)N[C@@H](Cc1ccc(F)c(F)c1)C(=O)NCc1ccc2c(N)nccc2c1. The lowest BCUT2D eigenvalue weighted by Gasteiger charge is -2.19. The van der Waals surface area contributed by atoms with E-state index in [4.69, 9.17) is 5.73 Å². The third-order valence-electron chi connectivity index (χ3n) is 5.81. The standard InChI is InChI=1S/C26H26F2N6O2/c1-3-34-23(10-15(2)33-34)26(36)32-22(13-16-5-7-20(27)21(28)12-16)25(35)31-14-17-4-6-19-18(11-17)8-9-30-24(19)29/h4-12,22H,3,13-14H2,1-2H3,(H2,29,30)(H,31,35)(H,32,36)/t22-/m0/s1. The number of amides is 2. The number of pyridine rings is 1. The van der Waals surface area contributed by atoms with Gasteiger partial charge in [0.25, 0.3) is 5.91 Å². The maximum Gasteiger partial charge on any atom is 0.270 e. The normalized spacial score (nSPS) is 11.9. The summed E-state index contributed by atoms with van der Waals surface area (Å²) in [7, 11) is 0. The molecular weight excluding hydrogens is 466 g/mol. The van der Waals surface area contributed by atoms with E-state index < -0.39 is 29.5 Å². The average molecular weight is 493 g/mol. The minimum atomic E-state index is -1.04. The van der Waals surface area contributed by atoms with Gasteiger partial charge in [-0.3, -0.25) is 14.3 Å². The maximum atomic E-state index is 13.8. The second kappa shape index (κ2) is 10.5. The van der Waals surface area contributed by atoms with Gasteiger partial charge in [0.15, 0.2) is 11.6 Å². The van der Waals surface area contributed by atoms with Gasteiger partial charge < -0.3 is 16.4 Å². The van der Waals surface area contributed by atoms with Crippen molar-refractivity contribution in [1.29, 1.82) is 0 Å². The molecule has 4 aromatic rings. The number of benzene rings is 2. The molecular formula is C26H26F2N6O2. The van der Waals surface area contributed by atoms with Crippen molar-refractivity contribution in [2.75, 3.05) is 5.73 Å². The quantitative estimate of drug-likeness (QED) is 0.349. The Kier molecular flexibility index (Phi) is 7.23. The fourth-order valence-electron chi connectivity index (χ4n) is 3.99. The first-order chi connectivity index (χ1) is 17.2. The molecule has 0 saturated heterocycles. The second-order valence-corrected chi connectivity index (χ2v) is 8.43. The summed E-state index contributed by atoms with van der Waals surface area (Å²) in [4.78, 5) is 30.2. The summed E-state index contributed by atoms with van der Waals surface area (Å²) in [5, 5.41) is 11.5. The molecule has 4 rings (SSSR count). The first-order valence-corrected chi connectivity index (χ1v) is 11.4. The van der Waals surface area contributed by atoms with Crippen molar-refractivity contribution in [1.82, 2.24) is 25.4 Å². The zero-order valence-corrected chi connectivity index (χ0v) is 19.9. The highest BCUT2D eigenvalue weighted by atomic mass is 19.2. The first kappa shape index (κ1) is 24.8. The zero-order valence-electron chi connectivity index (χ0n) is 19.9. The van der Waals surface area contributed by atoms with E-state index in [9.17, 15) is 18.4 Å². The van der Waals surface area contributed by atoms with E-state index in [1.807, 2.05) is 31.2 Å². The Labute approximate surface area is 206 Å². The van der Waals surface area contributed by atoms with Crippen LogP contribution in [0.3, 0.4) is 0 Å². The molecule has 0 spiro atoms. The molecule has 0 aliphatic carbocycles. The summed E-state index contributed by atoms with van der Waals surface area (Å²) < 4.78 is 28.7. The topological polar surface area (TPSA) is 115 Å². The van der Waals surface area contributed by atoms with E-state index in [1.54, 1.807) is 19.2 Å². The van der Waals surface area contributed by atoms with Gasteiger partial charge >= 0.3 is 0 Å². The van der Waals surface area contributed by atoms with E-state index in [0.29, 0.717) is 29.3 Å². The summed E-state index contributed by atoms with van der Waals surface area (Å²) >= 11 is 0. The number of anilines is 1. The van der Waals surface area contributed by atoms with Crippen LogP contribution in [-0.2, 0) is 24.3 Å². The molecule has 186 valence electrons. The summed E-state index contributed by atoms with van der Waals surface area (Å²) in [6.45, 7) is 4.27. The Morgan fingerprint density at radius 1 is 1.06 bits per heavy atom. The molecule has 2 heterocycles. The smallest absolute Gasteiger partial charge is 0.270 e. The average Bonchev–Trinajstić information content (AvgIpc) is 3.25. The van der Waals surface area contributed by atoms with Gasteiger partial charge in [-0.05, 0) is 60.7 Å². The van der Waals surface area contributed by atoms with Crippen LogP contribution < -0.4 is 16.4 Å². The van der Waals surface area contributed by atoms with Gasteiger partial charge in [0.05, 0.1) is 5.69 Å². The van der Waals surface area contributed by atoms with Gasteiger partial charge in [-0.15, -0.1) is 0 Å². The highest BCUT2D eigenvalue weighted by molar-refractivity contribution is 5.96. The number of hydrogen-bond acceptors (Lipinski definition) is 5. The van der Waals surface area contributed by atoms with Crippen molar-refractivity contribution in [2.24, 2.45) is 0 Å². The molecule has 0 fully saturated rings. The van der Waals surface area contributed by atoms with E-state index in [1.165, 1.54) is 10.7 Å². The van der Waals surface area contributed by atoms with Crippen LogP contribution in [0.1, 0.15) is 34.2 Å². The van der Waals surface area contributed by atoms with Crippen molar-refractivity contribution < 1.29 is 18.4 Å². The summed E-state index contributed by atoms with van der Waals surface area (Å²) in [6, 6.07) is 11.3. The second-order valence-electron chi connectivity index (χ2n) is 8.43. The fraction of sp³-hybridized carbons (Fsp3) is 0.231. The Hall–Kier alpha value is -4.34. The van der Waals surface area contributed by atoms with Crippen LogP contribution in [0.4, 0.5) is 14.6 Å². The molecule has 36 heavy (non-hydrogen) atoms. The number of rotatable bonds is 8. The highest BCUT2D eigenvalue weighted by Crippen LogP contribution is 2.20. The van der Waals surface area contributed by atoms with Gasteiger partial charge in [-0.2, -0.15) is 5.10 Å². The number of nitrogens with one attached hydrogen (secondary N) is 2. The lowest BCUT2D eigenvalue weighted by molar-refractivity contribution is -0.123. The van der Waals surface area contributed by atoms with Crippen molar-refractivity contribution >= 4 is 28.4 Å². The fourth-order valence-corrected chi connectivity index (χ4v) is 3.99. The predicted octanol–water partition coefficient (Wildman–Crippen LogP) is 3.28. The number of carbonyl (C=O) groups is 2. The third kappa shape index (κ3) is 5.48. The Morgan fingerprint density at radius 3 is 2.58 bits per heavy atom. The highest BCUT2D eigenvalue weighted by Gasteiger charge is 2.24. The van der Waals surface area contributed by atoms with Crippen LogP contribution in [0.2, 0.25) is 0 Å². The Balaban J connectivity index is 1.54. The number of hydrogen-bond donors (Lipinski definition) is 3. The van der Waals surface area contributed by atoms with Gasteiger partial charge in [-0.1, -0.05) is 18.2 Å². The molecule has 0 aliphatic rings. The maximum absolute atomic E-state index is 13.8. The van der Waals surface area contributed by atoms with Crippen LogP contribution in [0.25, 0.3) is 10.8 Å². The number of fused-ring (bicyclic) bond motifs is 1. The number of carbonyl (C=O) groups excluding carboxylic acids is 2. The molecule has 8 nitrogen and oxygen atoms in total. The zero-order chi connectivity index (χ0) is 25.8. The number of nitrogen functional groups attached to an aromatic ring is 1. The molecule has 2 aromatic heterocycles. The molecule has 1 atom stereocenters. The van der Waals surface area contributed by atoms with Gasteiger partial charge in [0.1, 0.15) is 17.6 Å². The van der Waals surface area contributed by atoms with Crippen molar-refractivity contribution in [3.05, 3.63) is 88.9 Å². The molecule has 0 unspecified atom stereocenters. The van der Waals surface area contributed by atoms with E-state index in [2.05, 4.69) is 20.7 Å². The van der Waals surface area contributed by atoms with Crippen LogP contribution in [0.5, 0.6) is 0 Å². The number of aromatic nitrogens is 3. The number of halogens is 2. The molecule has 10 heteroatoms. The van der Waals surface area contributed by atoms with Crippen LogP contribution in [0.15, 0.2) is 54.7 Å². The van der Waals surface area contributed by atoms with Crippen molar-refractivity contribution in [3.8, 4) is 0 Å². The van der Waals surface area contributed by atoms with Crippen molar-refractivity contribution in [3.63, 3.8) is 0 Å². The minimum absolute atomic E-state index is 0.0338. The molecule has 4 N–H and O–H groups in total. The lowest BCUT2D eigenvalue weighted by atomic mass is 10.0. The first-order valence-electron chi connectivity index (χ1n) is 11.4. The minimum Gasteiger partial charge on any atom is -0.383 e. The predicted molar refractivity (Wildman–Crippen MR) is 132 cm³/mol. The summed E-state index contributed by atoms with van der Waals surface area (Å²) in [5.41, 5.74) is 8.05. The molecule has 0 bridgehead atoms. The molecule has 0 aliphatic heterocycles. The molecule has 0 saturated carbocycles. The largest absolute Gasteiger partial charge is 0.383 e. The van der Waals surface area contributed by atoms with Crippen molar-refractivity contribution in [2.45, 2.75) is 39.4 Å². The van der Waals surface area contributed by atoms with E-state index in [-0.39, 0.29) is 13.0 Å². The van der Waals surface area contributed by atoms with Gasteiger partial charge in [0.2, 0.25) is 5.91 Å². The monoisotopic (exact) mass is 492 g/mol.